The van der Waals surface area contributed by atoms with Crippen LogP contribution in [-0.4, -0.2) is 49.4 Å². The lowest BCUT2D eigenvalue weighted by atomic mass is 10.1. The number of nitrogens with zero attached hydrogens (tertiary/aromatic N) is 1. The van der Waals surface area contributed by atoms with Crippen LogP contribution in [0.15, 0.2) is 0 Å². The zero-order valence-electron chi connectivity index (χ0n) is 8.95. The summed E-state index contributed by atoms with van der Waals surface area (Å²) >= 11 is 0. The molecule has 2 unspecified atom stereocenters. The Balaban J connectivity index is 1.89. The van der Waals surface area contributed by atoms with Crippen LogP contribution in [0.4, 0.5) is 0 Å². The van der Waals surface area contributed by atoms with Gasteiger partial charge in [0.1, 0.15) is 0 Å². The van der Waals surface area contributed by atoms with Crippen LogP contribution in [0.5, 0.6) is 0 Å². The number of hydrogen-bond donors (Lipinski definition) is 2. The molecule has 2 fully saturated rings. The van der Waals surface area contributed by atoms with Crippen molar-refractivity contribution in [1.29, 1.82) is 0 Å². The van der Waals surface area contributed by atoms with Crippen molar-refractivity contribution in [3.05, 3.63) is 0 Å². The summed E-state index contributed by atoms with van der Waals surface area (Å²) in [5.41, 5.74) is 0. The van der Waals surface area contributed by atoms with E-state index in [2.05, 4.69) is 10.6 Å². The van der Waals surface area contributed by atoms with Crippen LogP contribution in [0, 0.1) is 5.92 Å². The molecule has 2 rings (SSSR count). The average molecular weight is 211 g/mol. The second kappa shape index (κ2) is 4.18. The third-order valence-electron chi connectivity index (χ3n) is 3.23. The molecule has 2 aliphatic rings. The Labute approximate surface area is 89.2 Å². The number of hydrogen-bond acceptors (Lipinski definition) is 3. The van der Waals surface area contributed by atoms with E-state index in [4.69, 9.17) is 0 Å². The predicted octanol–water partition coefficient (Wildman–Crippen LogP) is -1.06. The molecule has 0 bridgehead atoms. The van der Waals surface area contributed by atoms with Crippen molar-refractivity contribution in [3.8, 4) is 0 Å². The van der Waals surface area contributed by atoms with Gasteiger partial charge in [0.05, 0.1) is 5.92 Å². The number of nitrogens with one attached hydrogen (secondary N) is 2. The van der Waals surface area contributed by atoms with Crippen LogP contribution in [0.3, 0.4) is 0 Å². The second-order valence-corrected chi connectivity index (χ2v) is 4.26. The van der Waals surface area contributed by atoms with Crippen LogP contribution in [-0.2, 0) is 9.59 Å². The molecule has 0 aromatic carbocycles. The summed E-state index contributed by atoms with van der Waals surface area (Å²) in [6, 6.07) is 0.416. The van der Waals surface area contributed by atoms with E-state index >= 15 is 0 Å². The van der Waals surface area contributed by atoms with Gasteiger partial charge in [0.25, 0.3) is 0 Å². The summed E-state index contributed by atoms with van der Waals surface area (Å²) in [5, 5.41) is 5.87. The standard InChI is InChI=1S/C10H17N3O2/c1-11-8-2-3-13(6-8)10(15)7-4-9(14)12-5-7/h7-8,11H,2-6H2,1H3,(H,12,14). The smallest absolute Gasteiger partial charge is 0.228 e. The van der Waals surface area contributed by atoms with E-state index in [0.717, 1.165) is 19.5 Å². The summed E-state index contributed by atoms with van der Waals surface area (Å²) in [6.07, 6.45) is 1.37. The number of rotatable bonds is 2. The summed E-state index contributed by atoms with van der Waals surface area (Å²) in [7, 11) is 1.92. The highest BCUT2D eigenvalue weighted by Crippen LogP contribution is 2.17. The van der Waals surface area contributed by atoms with E-state index in [0.29, 0.717) is 19.0 Å². The Kier molecular flexibility index (Phi) is 2.90. The van der Waals surface area contributed by atoms with E-state index in [1.54, 1.807) is 0 Å². The molecular formula is C10H17N3O2. The normalized spacial score (nSPS) is 30.7. The highest BCUT2D eigenvalue weighted by Gasteiger charge is 2.34. The first kappa shape index (κ1) is 10.4. The second-order valence-electron chi connectivity index (χ2n) is 4.26. The molecule has 0 saturated carbocycles. The van der Waals surface area contributed by atoms with Gasteiger partial charge in [0, 0.05) is 32.1 Å². The van der Waals surface area contributed by atoms with Gasteiger partial charge < -0.3 is 15.5 Å². The number of carbonyl (C=O) groups is 2. The Bertz CT molecular complexity index is 280. The van der Waals surface area contributed by atoms with Crippen LogP contribution < -0.4 is 10.6 Å². The van der Waals surface area contributed by atoms with Crippen molar-refractivity contribution in [2.75, 3.05) is 26.7 Å². The number of amides is 2. The minimum atomic E-state index is -0.131. The molecular weight excluding hydrogens is 194 g/mol. The Hall–Kier alpha value is -1.10. The van der Waals surface area contributed by atoms with Crippen molar-refractivity contribution in [2.24, 2.45) is 5.92 Å². The van der Waals surface area contributed by atoms with Gasteiger partial charge in [-0.25, -0.2) is 0 Å². The van der Waals surface area contributed by atoms with Gasteiger partial charge in [-0.05, 0) is 13.5 Å². The Morgan fingerprint density at radius 1 is 1.60 bits per heavy atom. The summed E-state index contributed by atoms with van der Waals surface area (Å²) in [6.45, 7) is 2.10. The molecule has 2 heterocycles. The Morgan fingerprint density at radius 3 is 2.93 bits per heavy atom. The molecule has 84 valence electrons. The molecule has 2 amide bonds. The largest absolute Gasteiger partial charge is 0.355 e. The first-order chi connectivity index (χ1) is 7.20. The maximum absolute atomic E-state index is 12.0. The monoisotopic (exact) mass is 211 g/mol. The molecule has 2 aliphatic heterocycles. The molecule has 5 nitrogen and oxygen atoms in total. The van der Waals surface area contributed by atoms with Crippen LogP contribution in [0.2, 0.25) is 0 Å². The van der Waals surface area contributed by atoms with Gasteiger partial charge in [-0.1, -0.05) is 0 Å². The van der Waals surface area contributed by atoms with Gasteiger partial charge in [0.2, 0.25) is 11.8 Å². The first-order valence-electron chi connectivity index (χ1n) is 5.43. The van der Waals surface area contributed by atoms with Crippen molar-refractivity contribution in [3.63, 3.8) is 0 Å². The first-order valence-corrected chi connectivity index (χ1v) is 5.43. The average Bonchev–Trinajstić information content (AvgIpc) is 2.84. The molecule has 15 heavy (non-hydrogen) atoms. The molecule has 5 heteroatoms. The third-order valence-corrected chi connectivity index (χ3v) is 3.23. The summed E-state index contributed by atoms with van der Waals surface area (Å²) in [5.74, 6) is -0.00285. The van der Waals surface area contributed by atoms with Gasteiger partial charge >= 0.3 is 0 Å². The zero-order chi connectivity index (χ0) is 10.8. The molecule has 0 aromatic heterocycles. The van der Waals surface area contributed by atoms with Gasteiger partial charge in [-0.3, -0.25) is 9.59 Å². The molecule has 0 radical (unpaired) electrons. The SMILES string of the molecule is CNC1CCN(C(=O)C2CNC(=O)C2)C1. The lowest BCUT2D eigenvalue weighted by molar-refractivity contribution is -0.134. The maximum Gasteiger partial charge on any atom is 0.228 e. The van der Waals surface area contributed by atoms with E-state index in [1.807, 2.05) is 11.9 Å². The molecule has 2 N–H and O–H groups in total. The fourth-order valence-electron chi connectivity index (χ4n) is 2.23. The third kappa shape index (κ3) is 2.12. The molecule has 0 spiro atoms. The lowest BCUT2D eigenvalue weighted by Crippen LogP contribution is -2.37. The topological polar surface area (TPSA) is 61.4 Å². The molecule has 2 saturated heterocycles. The number of carbonyl (C=O) groups excluding carboxylic acids is 2. The minimum Gasteiger partial charge on any atom is -0.355 e. The van der Waals surface area contributed by atoms with Crippen LogP contribution >= 0.6 is 0 Å². The number of likely N-dealkylation sites (N-methyl/N-ethyl adjacent to an activating group) is 1. The van der Waals surface area contributed by atoms with E-state index in [9.17, 15) is 9.59 Å². The molecule has 0 aromatic rings. The fraction of sp³-hybridized carbons (Fsp3) is 0.800. The van der Waals surface area contributed by atoms with Crippen molar-refractivity contribution in [1.82, 2.24) is 15.5 Å². The van der Waals surface area contributed by atoms with Crippen molar-refractivity contribution < 1.29 is 9.59 Å². The highest BCUT2D eigenvalue weighted by atomic mass is 16.2. The van der Waals surface area contributed by atoms with Gasteiger partial charge in [-0.2, -0.15) is 0 Å². The fourth-order valence-corrected chi connectivity index (χ4v) is 2.23. The minimum absolute atomic E-state index is 0.00212. The maximum atomic E-state index is 12.0. The zero-order valence-corrected chi connectivity index (χ0v) is 8.95. The van der Waals surface area contributed by atoms with E-state index < -0.39 is 0 Å². The number of likely N-dealkylation sites (tertiary alicyclic amines) is 1. The summed E-state index contributed by atoms with van der Waals surface area (Å²) in [4.78, 5) is 24.8. The van der Waals surface area contributed by atoms with E-state index in [1.165, 1.54) is 0 Å². The highest BCUT2D eigenvalue weighted by molar-refractivity contribution is 5.89. The lowest BCUT2D eigenvalue weighted by Gasteiger charge is -2.19. The summed E-state index contributed by atoms with van der Waals surface area (Å²) < 4.78 is 0. The quantitative estimate of drug-likeness (QED) is 0.612. The Morgan fingerprint density at radius 2 is 2.40 bits per heavy atom. The van der Waals surface area contributed by atoms with Crippen LogP contribution in [0.25, 0.3) is 0 Å². The molecule has 2 atom stereocenters. The predicted molar refractivity (Wildman–Crippen MR) is 55.2 cm³/mol. The van der Waals surface area contributed by atoms with Crippen LogP contribution in [0.1, 0.15) is 12.8 Å². The van der Waals surface area contributed by atoms with E-state index in [-0.39, 0.29) is 17.7 Å². The van der Waals surface area contributed by atoms with Crippen molar-refractivity contribution >= 4 is 11.8 Å². The van der Waals surface area contributed by atoms with Gasteiger partial charge in [0.15, 0.2) is 0 Å². The van der Waals surface area contributed by atoms with Crippen molar-refractivity contribution in [2.45, 2.75) is 18.9 Å². The molecule has 0 aliphatic carbocycles. The van der Waals surface area contributed by atoms with Gasteiger partial charge in [-0.15, -0.1) is 0 Å².